The first-order chi connectivity index (χ1) is 19.0. The minimum Gasteiger partial charge on any atom is -0.480 e. The van der Waals surface area contributed by atoms with E-state index in [4.69, 9.17) is 14.2 Å². The van der Waals surface area contributed by atoms with Crippen molar-refractivity contribution in [2.75, 3.05) is 50.1 Å². The number of rotatable bonds is 9. The fraction of sp³-hybridized carbons (Fsp3) is 0.370. The second-order valence-corrected chi connectivity index (χ2v) is 9.81. The number of fused-ring (bicyclic) bond motifs is 1. The van der Waals surface area contributed by atoms with E-state index in [-0.39, 0.29) is 24.7 Å². The number of anilines is 2. The third-order valence-electron chi connectivity index (χ3n) is 6.71. The summed E-state index contributed by atoms with van der Waals surface area (Å²) in [4.78, 5) is 41.2. The number of cyclic esters (lactones) is 1. The van der Waals surface area contributed by atoms with Crippen LogP contribution >= 0.6 is 0 Å². The Kier molecular flexibility index (Phi) is 6.95. The molecule has 6 rings (SSSR count). The molecule has 0 aliphatic carbocycles. The number of likely N-dealkylation sites (N-methyl/N-ethyl adjacent to an activating group) is 1. The number of hydrogen-bond donors (Lipinski definition) is 2. The number of hydrogen-bond acceptors (Lipinski definition) is 10. The first-order valence-corrected chi connectivity index (χ1v) is 12.9. The average molecular weight is 532 g/mol. The maximum atomic E-state index is 12.5. The highest BCUT2D eigenvalue weighted by Gasteiger charge is 2.33. The predicted molar refractivity (Wildman–Crippen MR) is 142 cm³/mol. The lowest BCUT2D eigenvalue weighted by Gasteiger charge is -2.35. The minimum atomic E-state index is -0.461. The van der Waals surface area contributed by atoms with Gasteiger partial charge < -0.3 is 24.8 Å². The van der Waals surface area contributed by atoms with Crippen LogP contribution in [-0.4, -0.2) is 83.9 Å². The quantitative estimate of drug-likeness (QED) is 0.396. The van der Waals surface area contributed by atoms with Crippen LogP contribution in [0.4, 0.5) is 16.4 Å². The highest BCUT2D eigenvalue weighted by molar-refractivity contribution is 5.95. The van der Waals surface area contributed by atoms with Crippen LogP contribution in [0.3, 0.4) is 0 Å². The first-order valence-electron chi connectivity index (χ1n) is 12.9. The van der Waals surface area contributed by atoms with Gasteiger partial charge in [0.1, 0.15) is 18.0 Å². The van der Waals surface area contributed by atoms with E-state index in [2.05, 4.69) is 37.5 Å². The zero-order valence-corrected chi connectivity index (χ0v) is 21.5. The molecule has 39 heavy (non-hydrogen) atoms. The topological polar surface area (TPSA) is 131 Å². The molecule has 12 nitrogen and oxygen atoms in total. The molecule has 202 valence electrons. The third-order valence-corrected chi connectivity index (χ3v) is 6.71. The zero-order chi connectivity index (χ0) is 26.8. The van der Waals surface area contributed by atoms with E-state index in [1.807, 2.05) is 30.3 Å². The summed E-state index contributed by atoms with van der Waals surface area (Å²) in [6.45, 7) is 3.43. The molecule has 0 bridgehead atoms. The van der Waals surface area contributed by atoms with E-state index in [1.165, 1.54) is 4.90 Å². The Bertz CT molecular complexity index is 1380. The van der Waals surface area contributed by atoms with Crippen LogP contribution in [0.25, 0.3) is 11.4 Å². The van der Waals surface area contributed by atoms with Crippen molar-refractivity contribution in [3.05, 3.63) is 54.2 Å². The van der Waals surface area contributed by atoms with Crippen LogP contribution in [0.5, 0.6) is 11.6 Å². The van der Waals surface area contributed by atoms with Gasteiger partial charge in [0.25, 0.3) is 5.91 Å². The van der Waals surface area contributed by atoms with Crippen molar-refractivity contribution in [2.45, 2.75) is 25.2 Å². The number of pyridine rings is 3. The van der Waals surface area contributed by atoms with Crippen LogP contribution in [0, 0.1) is 0 Å². The number of likely N-dealkylation sites (tertiary alicyclic amines) is 1. The first kappa shape index (κ1) is 25.0. The van der Waals surface area contributed by atoms with E-state index in [0.717, 1.165) is 30.0 Å². The molecule has 0 spiro atoms. The van der Waals surface area contributed by atoms with Crippen LogP contribution < -0.4 is 25.0 Å². The van der Waals surface area contributed by atoms with Gasteiger partial charge in [-0.25, -0.2) is 14.8 Å². The molecule has 2 saturated heterocycles. The van der Waals surface area contributed by atoms with Crippen molar-refractivity contribution in [3.63, 3.8) is 0 Å². The number of nitrogens with zero attached hydrogens (tertiary/aromatic N) is 5. The van der Waals surface area contributed by atoms with Gasteiger partial charge in [-0.3, -0.25) is 19.6 Å². The smallest absolute Gasteiger partial charge is 0.415 e. The van der Waals surface area contributed by atoms with Gasteiger partial charge in [-0.15, -0.1) is 0 Å². The molecule has 0 aromatic carbocycles. The molecule has 0 radical (unpaired) electrons. The summed E-state index contributed by atoms with van der Waals surface area (Å²) in [6.07, 6.45) is 1.86. The SMILES string of the molecule is CN1CC(Oc2cccc(-c3cc(CNCC[C@H]4CN(c5ccc6c(n5)NC(=O)CO6)C(=O)O4)ccn3)n2)C1. The molecule has 3 aromatic heterocycles. The van der Waals surface area contributed by atoms with Gasteiger partial charge in [0.2, 0.25) is 5.88 Å². The number of amides is 2. The van der Waals surface area contributed by atoms with E-state index in [0.29, 0.717) is 49.3 Å². The maximum Gasteiger partial charge on any atom is 0.415 e. The van der Waals surface area contributed by atoms with Crippen LogP contribution in [0.2, 0.25) is 0 Å². The highest BCUT2D eigenvalue weighted by Crippen LogP contribution is 2.30. The largest absolute Gasteiger partial charge is 0.480 e. The zero-order valence-electron chi connectivity index (χ0n) is 21.5. The number of ether oxygens (including phenoxy) is 3. The van der Waals surface area contributed by atoms with Gasteiger partial charge in [0, 0.05) is 31.9 Å². The molecule has 12 heteroatoms. The molecule has 2 fully saturated rings. The summed E-state index contributed by atoms with van der Waals surface area (Å²) < 4.78 is 16.8. The molecule has 6 heterocycles. The van der Waals surface area contributed by atoms with Crippen molar-refractivity contribution in [1.29, 1.82) is 0 Å². The van der Waals surface area contributed by atoms with Crippen molar-refractivity contribution in [2.24, 2.45) is 0 Å². The molecule has 3 aliphatic rings. The Hall–Kier alpha value is -4.29. The monoisotopic (exact) mass is 531 g/mol. The van der Waals surface area contributed by atoms with Gasteiger partial charge in [-0.05, 0) is 55.9 Å². The molecule has 3 aliphatic heterocycles. The Morgan fingerprint density at radius 2 is 2.00 bits per heavy atom. The van der Waals surface area contributed by atoms with Crippen molar-refractivity contribution >= 4 is 23.6 Å². The van der Waals surface area contributed by atoms with Crippen LogP contribution in [-0.2, 0) is 16.1 Å². The Morgan fingerprint density at radius 1 is 1.10 bits per heavy atom. The normalized spacial score (nSPS) is 19.1. The Morgan fingerprint density at radius 3 is 2.87 bits per heavy atom. The second kappa shape index (κ2) is 10.8. The number of carbonyl (C=O) groups excluding carboxylic acids is 2. The second-order valence-electron chi connectivity index (χ2n) is 9.81. The van der Waals surface area contributed by atoms with Gasteiger partial charge in [-0.1, -0.05) is 6.07 Å². The lowest BCUT2D eigenvalue weighted by molar-refractivity contribution is -0.118. The van der Waals surface area contributed by atoms with Crippen LogP contribution in [0.1, 0.15) is 12.0 Å². The number of carbonyl (C=O) groups is 2. The van der Waals surface area contributed by atoms with E-state index >= 15 is 0 Å². The fourth-order valence-electron chi connectivity index (χ4n) is 4.69. The van der Waals surface area contributed by atoms with Crippen LogP contribution in [0.15, 0.2) is 48.7 Å². The summed E-state index contributed by atoms with van der Waals surface area (Å²) in [6, 6.07) is 13.1. The van der Waals surface area contributed by atoms with E-state index in [1.54, 1.807) is 18.3 Å². The van der Waals surface area contributed by atoms with Gasteiger partial charge >= 0.3 is 6.09 Å². The Balaban J connectivity index is 0.996. The summed E-state index contributed by atoms with van der Waals surface area (Å²) in [5, 5.41) is 6.07. The predicted octanol–water partition coefficient (Wildman–Crippen LogP) is 2.07. The average Bonchev–Trinajstić information content (AvgIpc) is 3.30. The van der Waals surface area contributed by atoms with Gasteiger partial charge in [0.05, 0.1) is 17.9 Å². The van der Waals surface area contributed by atoms with Crippen molar-refractivity contribution in [3.8, 4) is 23.0 Å². The molecular weight excluding hydrogens is 502 g/mol. The molecule has 0 saturated carbocycles. The number of aromatic nitrogens is 3. The fourth-order valence-corrected chi connectivity index (χ4v) is 4.69. The Labute approximate surface area is 225 Å². The standard InChI is InChI=1S/C27H29N7O5/c1-33-13-19(14-33)38-25-4-2-3-20(30-25)21-11-17(7-10-29-21)12-28-9-8-18-15-34(27(36)39-18)23-6-5-22-26(31-23)32-24(35)16-37-22/h2-7,10-11,18-19,28H,8-9,12-16H2,1H3,(H,31,32,35)/t18-/m0/s1. The molecule has 1 atom stereocenters. The highest BCUT2D eigenvalue weighted by atomic mass is 16.6. The number of nitrogens with one attached hydrogen (secondary N) is 2. The molecular formula is C27H29N7O5. The maximum absolute atomic E-state index is 12.5. The van der Waals surface area contributed by atoms with E-state index in [9.17, 15) is 9.59 Å². The lowest BCUT2D eigenvalue weighted by atomic mass is 10.1. The molecule has 0 unspecified atom stereocenters. The molecule has 2 N–H and O–H groups in total. The lowest BCUT2D eigenvalue weighted by Crippen LogP contribution is -2.51. The molecule has 2 amide bonds. The summed E-state index contributed by atoms with van der Waals surface area (Å²) in [7, 11) is 2.06. The summed E-state index contributed by atoms with van der Waals surface area (Å²) >= 11 is 0. The van der Waals surface area contributed by atoms with E-state index < -0.39 is 6.09 Å². The van der Waals surface area contributed by atoms with Crippen molar-refractivity contribution in [1.82, 2.24) is 25.2 Å². The summed E-state index contributed by atoms with van der Waals surface area (Å²) in [5.41, 5.74) is 2.62. The van der Waals surface area contributed by atoms with Gasteiger partial charge in [-0.2, -0.15) is 0 Å². The summed E-state index contributed by atoms with van der Waals surface area (Å²) in [5.74, 6) is 1.52. The third kappa shape index (κ3) is 5.76. The molecule has 3 aromatic rings. The minimum absolute atomic E-state index is 0.0484. The van der Waals surface area contributed by atoms with Gasteiger partial charge in [0.15, 0.2) is 18.2 Å². The van der Waals surface area contributed by atoms with Crippen molar-refractivity contribution < 1.29 is 23.8 Å².